The van der Waals surface area contributed by atoms with Gasteiger partial charge in [-0.25, -0.2) is 4.79 Å². The van der Waals surface area contributed by atoms with Gasteiger partial charge in [-0.3, -0.25) is 4.68 Å². The van der Waals surface area contributed by atoms with E-state index in [9.17, 15) is 4.79 Å². The minimum Gasteiger partial charge on any atom is -0.466 e. The molecule has 7 heteroatoms. The number of carbonyl (C=O) groups excluding carboxylic acids is 1. The van der Waals surface area contributed by atoms with Crippen molar-refractivity contribution >= 4 is 17.8 Å². The summed E-state index contributed by atoms with van der Waals surface area (Å²) in [6.45, 7) is 6.59. The van der Waals surface area contributed by atoms with E-state index in [0.29, 0.717) is 0 Å². The first-order chi connectivity index (χ1) is 11.5. The number of hydrogen-bond acceptors (Lipinski definition) is 4. The minimum absolute atomic E-state index is 0.0325. The maximum atomic E-state index is 12.8. The lowest BCUT2D eigenvalue weighted by atomic mass is 10.1. The number of thioether (sulfide) groups is 1. The van der Waals surface area contributed by atoms with E-state index in [0.717, 1.165) is 40.7 Å². The molecule has 0 unspecified atom stereocenters. The van der Waals surface area contributed by atoms with Crippen LogP contribution in [0.2, 0.25) is 0 Å². The normalized spacial score (nSPS) is 19.3. The van der Waals surface area contributed by atoms with Crippen molar-refractivity contribution < 1.29 is 9.21 Å². The second kappa shape index (κ2) is 6.93. The summed E-state index contributed by atoms with van der Waals surface area (Å²) >= 11 is 1.88. The molecule has 0 aliphatic carbocycles. The Hall–Kier alpha value is -1.89. The van der Waals surface area contributed by atoms with Crippen LogP contribution in [0.4, 0.5) is 4.79 Å². The standard InChI is InChI=1S/C17H24N4O2S/c1-11-7-15(13(3)23-11)12(2)19-17(22)21-5-6-24-10-16(21)14-8-18-20(4)9-14/h7-9,12,16H,5-6,10H2,1-4H3,(H,19,22)/t12-,16+/m1/s1. The Labute approximate surface area is 146 Å². The molecule has 1 N–H and O–H groups in total. The summed E-state index contributed by atoms with van der Waals surface area (Å²) in [7, 11) is 1.90. The lowest BCUT2D eigenvalue weighted by molar-refractivity contribution is 0.179. The van der Waals surface area contributed by atoms with Gasteiger partial charge in [-0.05, 0) is 26.8 Å². The molecular formula is C17H24N4O2S. The predicted molar refractivity (Wildman–Crippen MR) is 95.1 cm³/mol. The summed E-state index contributed by atoms with van der Waals surface area (Å²) in [5, 5.41) is 7.36. The fourth-order valence-corrected chi connectivity index (χ4v) is 4.25. The van der Waals surface area contributed by atoms with Crippen LogP contribution in [0.1, 0.15) is 41.7 Å². The Kier molecular flexibility index (Phi) is 4.89. The van der Waals surface area contributed by atoms with Crippen LogP contribution >= 0.6 is 11.8 Å². The molecule has 0 spiro atoms. The van der Waals surface area contributed by atoms with Gasteiger partial charge in [0.05, 0.1) is 18.3 Å². The Morgan fingerprint density at radius 3 is 2.92 bits per heavy atom. The van der Waals surface area contributed by atoms with Gasteiger partial charge in [0.2, 0.25) is 0 Å². The van der Waals surface area contributed by atoms with Crippen LogP contribution in [0.25, 0.3) is 0 Å². The van der Waals surface area contributed by atoms with Crippen LogP contribution in [0, 0.1) is 13.8 Å². The van der Waals surface area contributed by atoms with E-state index in [1.165, 1.54) is 0 Å². The molecule has 2 atom stereocenters. The van der Waals surface area contributed by atoms with Gasteiger partial charge in [-0.1, -0.05) is 0 Å². The van der Waals surface area contributed by atoms with Crippen molar-refractivity contribution in [3.63, 3.8) is 0 Å². The number of urea groups is 1. The quantitative estimate of drug-likeness (QED) is 0.925. The van der Waals surface area contributed by atoms with Crippen molar-refractivity contribution in [3.05, 3.63) is 41.1 Å². The first-order valence-corrected chi connectivity index (χ1v) is 9.31. The molecule has 0 bridgehead atoms. The predicted octanol–water partition coefficient (Wildman–Crippen LogP) is 3.19. The Morgan fingerprint density at radius 2 is 2.29 bits per heavy atom. The molecule has 3 rings (SSSR count). The molecular weight excluding hydrogens is 324 g/mol. The molecule has 24 heavy (non-hydrogen) atoms. The lowest BCUT2D eigenvalue weighted by Gasteiger charge is -2.35. The molecule has 130 valence electrons. The van der Waals surface area contributed by atoms with E-state index in [1.54, 1.807) is 4.68 Å². The summed E-state index contributed by atoms with van der Waals surface area (Å²) in [4.78, 5) is 14.8. The summed E-state index contributed by atoms with van der Waals surface area (Å²) in [6, 6.07) is 1.94. The van der Waals surface area contributed by atoms with Gasteiger partial charge < -0.3 is 14.6 Å². The fourth-order valence-electron chi connectivity index (χ4n) is 3.16. The van der Waals surface area contributed by atoms with Crippen LogP contribution in [0.15, 0.2) is 22.9 Å². The maximum absolute atomic E-state index is 12.8. The van der Waals surface area contributed by atoms with E-state index in [-0.39, 0.29) is 18.1 Å². The molecule has 2 amide bonds. The van der Waals surface area contributed by atoms with Gasteiger partial charge in [0.25, 0.3) is 0 Å². The Morgan fingerprint density at radius 1 is 1.50 bits per heavy atom. The van der Waals surface area contributed by atoms with Crippen molar-refractivity contribution in [1.29, 1.82) is 0 Å². The molecule has 0 aromatic carbocycles. The molecule has 2 aromatic rings. The van der Waals surface area contributed by atoms with Gasteiger partial charge in [0.1, 0.15) is 11.5 Å². The average Bonchev–Trinajstić information content (AvgIpc) is 3.12. The first-order valence-electron chi connectivity index (χ1n) is 8.16. The monoisotopic (exact) mass is 348 g/mol. The van der Waals surface area contributed by atoms with Crippen LogP contribution in [0.3, 0.4) is 0 Å². The third kappa shape index (κ3) is 3.45. The third-order valence-electron chi connectivity index (χ3n) is 4.38. The molecule has 2 aromatic heterocycles. The first kappa shape index (κ1) is 17.0. The second-order valence-electron chi connectivity index (χ2n) is 6.27. The highest BCUT2D eigenvalue weighted by atomic mass is 32.2. The van der Waals surface area contributed by atoms with Crippen LogP contribution in [0.5, 0.6) is 0 Å². The molecule has 1 aliphatic rings. The third-order valence-corrected chi connectivity index (χ3v) is 5.41. The second-order valence-corrected chi connectivity index (χ2v) is 7.42. The van der Waals surface area contributed by atoms with Crippen LogP contribution in [-0.2, 0) is 7.05 Å². The lowest BCUT2D eigenvalue weighted by Crippen LogP contribution is -2.46. The fraction of sp³-hybridized carbons (Fsp3) is 0.529. The summed E-state index contributed by atoms with van der Waals surface area (Å²) in [5.74, 6) is 3.59. The Balaban J connectivity index is 1.73. The van der Waals surface area contributed by atoms with E-state index in [2.05, 4.69) is 10.4 Å². The van der Waals surface area contributed by atoms with Crippen LogP contribution in [-0.4, -0.2) is 38.8 Å². The molecule has 1 aliphatic heterocycles. The van der Waals surface area contributed by atoms with E-state index >= 15 is 0 Å². The molecule has 6 nitrogen and oxygen atoms in total. The average molecular weight is 348 g/mol. The number of carbonyl (C=O) groups is 1. The zero-order valence-electron chi connectivity index (χ0n) is 14.6. The van der Waals surface area contributed by atoms with E-state index < -0.39 is 0 Å². The topological polar surface area (TPSA) is 63.3 Å². The number of amides is 2. The Bertz CT molecular complexity index is 724. The number of nitrogens with zero attached hydrogens (tertiary/aromatic N) is 3. The van der Waals surface area contributed by atoms with Gasteiger partial charge >= 0.3 is 6.03 Å². The molecule has 1 fully saturated rings. The number of aryl methyl sites for hydroxylation is 3. The number of furan rings is 1. The van der Waals surface area contributed by atoms with Crippen molar-refractivity contribution in [2.75, 3.05) is 18.1 Å². The minimum atomic E-state index is -0.0842. The number of nitrogens with one attached hydrogen (secondary N) is 1. The van der Waals surface area contributed by atoms with Crippen molar-refractivity contribution in [3.8, 4) is 0 Å². The van der Waals surface area contributed by atoms with Gasteiger partial charge in [0.15, 0.2) is 0 Å². The van der Waals surface area contributed by atoms with E-state index in [4.69, 9.17) is 4.42 Å². The van der Waals surface area contributed by atoms with E-state index in [1.807, 2.05) is 62.9 Å². The van der Waals surface area contributed by atoms with Gasteiger partial charge in [0, 0.05) is 42.4 Å². The largest absolute Gasteiger partial charge is 0.466 e. The highest BCUT2D eigenvalue weighted by Gasteiger charge is 2.30. The molecule has 0 saturated carbocycles. The number of aromatic nitrogens is 2. The zero-order chi connectivity index (χ0) is 17.3. The van der Waals surface area contributed by atoms with Gasteiger partial charge in [-0.2, -0.15) is 16.9 Å². The highest BCUT2D eigenvalue weighted by molar-refractivity contribution is 7.99. The summed E-state index contributed by atoms with van der Waals surface area (Å²) in [6.07, 6.45) is 3.84. The van der Waals surface area contributed by atoms with Crippen molar-refractivity contribution in [2.45, 2.75) is 32.9 Å². The summed E-state index contributed by atoms with van der Waals surface area (Å²) in [5.41, 5.74) is 2.12. The number of rotatable bonds is 3. The maximum Gasteiger partial charge on any atom is 0.318 e. The van der Waals surface area contributed by atoms with Crippen LogP contribution < -0.4 is 5.32 Å². The van der Waals surface area contributed by atoms with Crippen molar-refractivity contribution in [2.24, 2.45) is 7.05 Å². The highest BCUT2D eigenvalue weighted by Crippen LogP contribution is 2.30. The molecule has 1 saturated heterocycles. The SMILES string of the molecule is Cc1cc([C@@H](C)NC(=O)N2CCSC[C@H]2c2cnn(C)c2)c(C)o1. The summed E-state index contributed by atoms with van der Waals surface area (Å²) < 4.78 is 7.36. The molecule has 0 radical (unpaired) electrons. The zero-order valence-corrected chi connectivity index (χ0v) is 15.4. The van der Waals surface area contributed by atoms with Gasteiger partial charge in [-0.15, -0.1) is 0 Å². The molecule has 3 heterocycles. The number of hydrogen-bond donors (Lipinski definition) is 1. The van der Waals surface area contributed by atoms with Crippen molar-refractivity contribution in [1.82, 2.24) is 20.0 Å². The smallest absolute Gasteiger partial charge is 0.318 e.